The first kappa shape index (κ1) is 15.2. The van der Waals surface area contributed by atoms with E-state index in [0.717, 1.165) is 18.0 Å². The number of hydrogen-bond donors (Lipinski definition) is 0. The molecule has 0 aliphatic carbocycles. The van der Waals surface area contributed by atoms with Gasteiger partial charge in [0, 0.05) is 30.4 Å². The molecule has 0 fully saturated rings. The van der Waals surface area contributed by atoms with E-state index in [1.54, 1.807) is 0 Å². The minimum absolute atomic E-state index is 0.114. The van der Waals surface area contributed by atoms with Gasteiger partial charge in [0.25, 0.3) is 0 Å². The molecule has 0 saturated carbocycles. The van der Waals surface area contributed by atoms with Crippen LogP contribution in [0.25, 0.3) is 0 Å². The normalized spacial score (nSPS) is 16.4. The zero-order chi connectivity index (χ0) is 15.5. The molecule has 3 nitrogen and oxygen atoms in total. The standard InChI is InChI=1S/C17H19FN2OS/c1-20(2)17-6-4-13(11-19-17)15-9-12-3-5-14(21-8-7-18)10-16(12)22-15/h3-6,10-11,15H,7-9H2,1-2H3. The van der Waals surface area contributed by atoms with Gasteiger partial charge >= 0.3 is 0 Å². The lowest BCUT2D eigenvalue weighted by Crippen LogP contribution is -2.10. The van der Waals surface area contributed by atoms with Crippen molar-refractivity contribution in [2.75, 3.05) is 32.3 Å². The van der Waals surface area contributed by atoms with E-state index in [2.05, 4.69) is 23.2 Å². The average Bonchev–Trinajstić information content (AvgIpc) is 2.96. The number of benzene rings is 1. The molecule has 22 heavy (non-hydrogen) atoms. The summed E-state index contributed by atoms with van der Waals surface area (Å²) in [6.45, 7) is -0.348. The maximum absolute atomic E-state index is 12.2. The van der Waals surface area contributed by atoms with Crippen LogP contribution in [0.1, 0.15) is 16.4 Å². The number of pyridine rings is 1. The lowest BCUT2D eigenvalue weighted by molar-refractivity contribution is 0.273. The summed E-state index contributed by atoms with van der Waals surface area (Å²) in [6.07, 6.45) is 2.95. The van der Waals surface area contributed by atoms with Crippen LogP contribution in [0.3, 0.4) is 0 Å². The molecule has 2 heterocycles. The van der Waals surface area contributed by atoms with Crippen LogP contribution in [0, 0.1) is 0 Å². The maximum atomic E-state index is 12.2. The second kappa shape index (κ2) is 6.57. The number of hydrogen-bond acceptors (Lipinski definition) is 4. The van der Waals surface area contributed by atoms with Crippen molar-refractivity contribution in [2.45, 2.75) is 16.6 Å². The molecule has 1 aliphatic rings. The van der Waals surface area contributed by atoms with Gasteiger partial charge in [-0.25, -0.2) is 9.37 Å². The fourth-order valence-corrected chi connectivity index (χ4v) is 3.82. The van der Waals surface area contributed by atoms with Crippen molar-refractivity contribution in [2.24, 2.45) is 0 Å². The van der Waals surface area contributed by atoms with Crippen LogP contribution < -0.4 is 9.64 Å². The average molecular weight is 318 g/mol. The highest BCUT2D eigenvalue weighted by molar-refractivity contribution is 7.99. The van der Waals surface area contributed by atoms with Crippen LogP contribution in [0.4, 0.5) is 10.2 Å². The van der Waals surface area contributed by atoms with Crippen molar-refractivity contribution < 1.29 is 9.13 Å². The van der Waals surface area contributed by atoms with Crippen LogP contribution in [-0.4, -0.2) is 32.4 Å². The number of nitrogens with zero attached hydrogens (tertiary/aromatic N) is 2. The van der Waals surface area contributed by atoms with E-state index in [9.17, 15) is 4.39 Å². The molecule has 1 aromatic heterocycles. The summed E-state index contributed by atoms with van der Waals surface area (Å²) >= 11 is 1.82. The van der Waals surface area contributed by atoms with Crippen molar-refractivity contribution in [1.82, 2.24) is 4.98 Å². The topological polar surface area (TPSA) is 25.4 Å². The minimum Gasteiger partial charge on any atom is -0.491 e. The lowest BCUT2D eigenvalue weighted by Gasteiger charge is -2.13. The molecule has 1 aromatic carbocycles. The molecule has 2 aromatic rings. The zero-order valence-electron chi connectivity index (χ0n) is 12.8. The van der Waals surface area contributed by atoms with E-state index in [0.29, 0.717) is 5.25 Å². The Morgan fingerprint density at radius 1 is 1.32 bits per heavy atom. The van der Waals surface area contributed by atoms with Crippen LogP contribution in [0.5, 0.6) is 5.75 Å². The Morgan fingerprint density at radius 2 is 2.18 bits per heavy atom. The van der Waals surface area contributed by atoms with Crippen molar-refractivity contribution in [1.29, 1.82) is 0 Å². The SMILES string of the molecule is CN(C)c1ccc(C2Cc3ccc(OCCF)cc3S2)cn1. The number of aromatic nitrogens is 1. The Bertz CT molecular complexity index is 646. The fraction of sp³-hybridized carbons (Fsp3) is 0.353. The highest BCUT2D eigenvalue weighted by atomic mass is 32.2. The van der Waals surface area contributed by atoms with Gasteiger partial charge in [0.1, 0.15) is 24.8 Å². The van der Waals surface area contributed by atoms with E-state index < -0.39 is 6.67 Å². The van der Waals surface area contributed by atoms with E-state index in [-0.39, 0.29) is 6.61 Å². The zero-order valence-corrected chi connectivity index (χ0v) is 13.6. The minimum atomic E-state index is -0.462. The van der Waals surface area contributed by atoms with Gasteiger partial charge in [0.15, 0.2) is 0 Å². The summed E-state index contributed by atoms with van der Waals surface area (Å²) in [5, 5.41) is 0.384. The third-order valence-electron chi connectivity index (χ3n) is 3.66. The third-order valence-corrected chi connectivity index (χ3v) is 5.02. The molecule has 0 amide bonds. The first-order valence-corrected chi connectivity index (χ1v) is 8.17. The molecule has 1 atom stereocenters. The van der Waals surface area contributed by atoms with Gasteiger partial charge in [-0.1, -0.05) is 12.1 Å². The van der Waals surface area contributed by atoms with E-state index in [1.165, 1.54) is 16.0 Å². The summed E-state index contributed by atoms with van der Waals surface area (Å²) < 4.78 is 17.5. The van der Waals surface area contributed by atoms with Gasteiger partial charge in [-0.2, -0.15) is 0 Å². The number of thioether (sulfide) groups is 1. The lowest BCUT2D eigenvalue weighted by atomic mass is 10.1. The largest absolute Gasteiger partial charge is 0.491 e. The summed E-state index contributed by atoms with van der Waals surface area (Å²) in [7, 11) is 3.97. The molecule has 0 spiro atoms. The molecule has 1 aliphatic heterocycles. The predicted octanol–water partition coefficient (Wildman–Crippen LogP) is 3.89. The van der Waals surface area contributed by atoms with Crippen molar-refractivity contribution >= 4 is 17.6 Å². The third kappa shape index (κ3) is 3.19. The molecule has 1 unspecified atom stereocenters. The first-order valence-electron chi connectivity index (χ1n) is 7.29. The van der Waals surface area contributed by atoms with E-state index >= 15 is 0 Å². The molecule has 0 N–H and O–H groups in total. The smallest absolute Gasteiger partial charge is 0.127 e. The van der Waals surface area contributed by atoms with Gasteiger partial charge in [0.2, 0.25) is 0 Å². The van der Waals surface area contributed by atoms with Crippen LogP contribution in [0.15, 0.2) is 41.4 Å². The quantitative estimate of drug-likeness (QED) is 0.835. The van der Waals surface area contributed by atoms with Crippen molar-refractivity contribution in [3.05, 3.63) is 47.7 Å². The van der Waals surface area contributed by atoms with Crippen molar-refractivity contribution in [3.8, 4) is 5.75 Å². The second-order valence-corrected chi connectivity index (χ2v) is 6.71. The number of anilines is 1. The monoisotopic (exact) mass is 318 g/mol. The van der Waals surface area contributed by atoms with Crippen molar-refractivity contribution in [3.63, 3.8) is 0 Å². The van der Waals surface area contributed by atoms with Crippen LogP contribution in [-0.2, 0) is 6.42 Å². The number of ether oxygens (including phenoxy) is 1. The molecular formula is C17H19FN2OS. The second-order valence-electron chi connectivity index (χ2n) is 5.46. The highest BCUT2D eigenvalue weighted by Crippen LogP contribution is 2.47. The van der Waals surface area contributed by atoms with Crippen LogP contribution >= 0.6 is 11.8 Å². The molecule has 0 bridgehead atoms. The molecule has 3 rings (SSSR count). The molecule has 5 heteroatoms. The van der Waals surface area contributed by atoms with Gasteiger partial charge in [-0.05, 0) is 35.7 Å². The predicted molar refractivity (Wildman–Crippen MR) is 88.8 cm³/mol. The summed E-state index contributed by atoms with van der Waals surface area (Å²) in [5.74, 6) is 1.71. The maximum Gasteiger partial charge on any atom is 0.127 e. The number of halogens is 1. The number of fused-ring (bicyclic) bond motifs is 1. The van der Waals surface area contributed by atoms with Gasteiger partial charge in [0.05, 0.1) is 0 Å². The Hall–Kier alpha value is -1.75. The molecule has 0 radical (unpaired) electrons. The summed E-state index contributed by atoms with van der Waals surface area (Å²) in [4.78, 5) is 7.71. The van der Waals surface area contributed by atoms with E-state index in [1.807, 2.05) is 49.1 Å². The Kier molecular flexibility index (Phi) is 4.52. The van der Waals surface area contributed by atoms with Gasteiger partial charge < -0.3 is 9.64 Å². The molecule has 116 valence electrons. The Balaban J connectivity index is 1.73. The number of alkyl halides is 1. The highest BCUT2D eigenvalue weighted by Gasteiger charge is 2.24. The van der Waals surface area contributed by atoms with E-state index in [4.69, 9.17) is 4.74 Å². The molecular weight excluding hydrogens is 299 g/mol. The number of rotatable bonds is 5. The fourth-order valence-electron chi connectivity index (χ4n) is 2.49. The Morgan fingerprint density at radius 3 is 2.86 bits per heavy atom. The molecule has 0 saturated heterocycles. The van der Waals surface area contributed by atoms with Crippen LogP contribution in [0.2, 0.25) is 0 Å². The summed E-state index contributed by atoms with van der Waals surface area (Å²) in [6, 6.07) is 10.2. The summed E-state index contributed by atoms with van der Waals surface area (Å²) in [5.41, 5.74) is 2.55. The first-order chi connectivity index (χ1) is 10.7. The van der Waals surface area contributed by atoms with Gasteiger partial charge in [-0.15, -0.1) is 11.8 Å². The Labute approximate surface area is 134 Å². The van der Waals surface area contributed by atoms with Gasteiger partial charge in [-0.3, -0.25) is 0 Å².